The van der Waals surface area contributed by atoms with Crippen LogP contribution in [0.3, 0.4) is 0 Å². The third-order valence-corrected chi connectivity index (χ3v) is 6.51. The minimum absolute atomic E-state index is 0.0396. The maximum Gasteiger partial charge on any atom is 0.346 e. The maximum atomic E-state index is 12.9. The average molecular weight is 546 g/mol. The molecule has 0 radical (unpaired) electrons. The Kier molecular flexibility index (Phi) is 9.37. The highest BCUT2D eigenvalue weighted by Gasteiger charge is 2.24. The van der Waals surface area contributed by atoms with Crippen LogP contribution < -0.4 is 19.7 Å². The molecule has 2 aromatic rings. The van der Waals surface area contributed by atoms with E-state index in [1.807, 2.05) is 13.8 Å². The summed E-state index contributed by atoms with van der Waals surface area (Å²) in [6.07, 6.45) is 4.16. The summed E-state index contributed by atoms with van der Waals surface area (Å²) in [4.78, 5) is 39.7. The molecule has 2 N–H and O–H groups in total. The number of benzene rings is 2. The second-order valence-corrected chi connectivity index (χ2v) is 11.7. The summed E-state index contributed by atoms with van der Waals surface area (Å²) < 4.78 is 36.7. The monoisotopic (exact) mass is 545 g/mol. The van der Waals surface area contributed by atoms with Crippen molar-refractivity contribution in [2.45, 2.75) is 53.0 Å². The summed E-state index contributed by atoms with van der Waals surface area (Å²) in [5.74, 6) is -1.72. The Bertz CT molecular complexity index is 1310. The van der Waals surface area contributed by atoms with E-state index in [-0.39, 0.29) is 40.4 Å². The van der Waals surface area contributed by atoms with Gasteiger partial charge in [0.05, 0.1) is 41.1 Å². The highest BCUT2D eigenvalue weighted by atomic mass is 32.2. The molecule has 1 amide bonds. The summed E-state index contributed by atoms with van der Waals surface area (Å²) in [6.45, 7) is 8.55. The van der Waals surface area contributed by atoms with Crippen LogP contribution >= 0.6 is 0 Å². The molecule has 11 heteroatoms. The van der Waals surface area contributed by atoms with Gasteiger partial charge in [0.25, 0.3) is 0 Å². The van der Waals surface area contributed by atoms with Gasteiger partial charge in [-0.05, 0) is 68.5 Å². The fourth-order valence-corrected chi connectivity index (χ4v) is 4.74. The molecule has 2 aromatic carbocycles. The van der Waals surface area contributed by atoms with Crippen LogP contribution in [0.2, 0.25) is 0 Å². The molecule has 0 aromatic heterocycles. The zero-order valence-corrected chi connectivity index (χ0v) is 23.2. The number of anilines is 3. The van der Waals surface area contributed by atoms with E-state index in [1.165, 1.54) is 31.2 Å². The first-order valence-electron chi connectivity index (χ1n) is 12.5. The molecular formula is C27H35N3O7S. The van der Waals surface area contributed by atoms with Crippen LogP contribution in [0.25, 0.3) is 0 Å². The predicted octanol–water partition coefficient (Wildman–Crippen LogP) is 4.43. The van der Waals surface area contributed by atoms with Crippen molar-refractivity contribution >= 4 is 44.9 Å². The van der Waals surface area contributed by atoms with Crippen molar-refractivity contribution in [1.82, 2.24) is 0 Å². The summed E-state index contributed by atoms with van der Waals surface area (Å²) in [7, 11) is -3.67. The number of nitrogens with zero attached hydrogens (tertiary/aromatic N) is 1. The minimum Gasteiger partial charge on any atom is -0.491 e. The number of carbonyl (C=O) groups excluding carboxylic acids is 3. The van der Waals surface area contributed by atoms with Crippen LogP contribution in [0.5, 0.6) is 5.75 Å². The first-order chi connectivity index (χ1) is 17.8. The van der Waals surface area contributed by atoms with Crippen LogP contribution in [-0.4, -0.2) is 51.7 Å². The van der Waals surface area contributed by atoms with Crippen molar-refractivity contribution in [3.63, 3.8) is 0 Å². The SMILES string of the molecule is CC(=O)Nc1cc(C(=O)OC(=O)c2ccc(OCC(C)C)c(NS(C)(=O)=O)c2)ccc1N1CCCCC1C. The van der Waals surface area contributed by atoms with Gasteiger partial charge in [0, 0.05) is 19.5 Å². The number of sulfonamides is 1. The molecule has 0 spiro atoms. The molecule has 1 heterocycles. The van der Waals surface area contributed by atoms with Gasteiger partial charge in [0.1, 0.15) is 5.75 Å². The number of rotatable bonds is 9. The fourth-order valence-electron chi connectivity index (χ4n) is 4.18. The molecule has 3 rings (SSSR count). The second kappa shape index (κ2) is 12.3. The molecule has 1 aliphatic heterocycles. The number of nitrogens with one attached hydrogen (secondary N) is 2. The normalized spacial score (nSPS) is 15.6. The molecular weight excluding hydrogens is 510 g/mol. The zero-order valence-electron chi connectivity index (χ0n) is 22.4. The Morgan fingerprint density at radius 1 is 1.03 bits per heavy atom. The first kappa shape index (κ1) is 29.0. The highest BCUT2D eigenvalue weighted by molar-refractivity contribution is 7.92. The molecule has 0 aliphatic carbocycles. The van der Waals surface area contributed by atoms with Gasteiger partial charge < -0.3 is 19.7 Å². The number of carbonyl (C=O) groups is 3. The van der Waals surface area contributed by atoms with E-state index in [0.717, 1.165) is 37.8 Å². The first-order valence-corrected chi connectivity index (χ1v) is 14.4. The van der Waals surface area contributed by atoms with Crippen molar-refractivity contribution in [2.75, 3.05) is 34.3 Å². The predicted molar refractivity (Wildman–Crippen MR) is 146 cm³/mol. The average Bonchev–Trinajstić information content (AvgIpc) is 2.82. The van der Waals surface area contributed by atoms with Gasteiger partial charge in [-0.25, -0.2) is 18.0 Å². The highest BCUT2D eigenvalue weighted by Crippen LogP contribution is 2.33. The van der Waals surface area contributed by atoms with Crippen molar-refractivity contribution in [3.05, 3.63) is 47.5 Å². The molecule has 38 heavy (non-hydrogen) atoms. The summed E-state index contributed by atoms with van der Waals surface area (Å²) in [5.41, 5.74) is 1.36. The Hall–Kier alpha value is -3.60. The van der Waals surface area contributed by atoms with Crippen molar-refractivity contribution in [1.29, 1.82) is 0 Å². The smallest absolute Gasteiger partial charge is 0.346 e. The Morgan fingerprint density at radius 2 is 1.66 bits per heavy atom. The third kappa shape index (κ3) is 7.95. The van der Waals surface area contributed by atoms with Gasteiger partial charge in [-0.3, -0.25) is 9.52 Å². The third-order valence-electron chi connectivity index (χ3n) is 5.92. The van der Waals surface area contributed by atoms with Gasteiger partial charge in [-0.15, -0.1) is 0 Å². The minimum atomic E-state index is -3.67. The van der Waals surface area contributed by atoms with Crippen molar-refractivity contribution in [3.8, 4) is 5.75 Å². The fraction of sp³-hybridized carbons (Fsp3) is 0.444. The van der Waals surface area contributed by atoms with Crippen molar-refractivity contribution < 1.29 is 32.3 Å². The van der Waals surface area contributed by atoms with E-state index in [4.69, 9.17) is 9.47 Å². The molecule has 0 saturated carbocycles. The number of hydrogen-bond donors (Lipinski definition) is 2. The van der Waals surface area contributed by atoms with Gasteiger partial charge in [0.15, 0.2) is 0 Å². The number of ether oxygens (including phenoxy) is 2. The molecule has 0 bridgehead atoms. The van der Waals surface area contributed by atoms with Crippen LogP contribution in [0.4, 0.5) is 17.1 Å². The Balaban J connectivity index is 1.84. The zero-order chi connectivity index (χ0) is 28.0. The number of amides is 1. The molecule has 1 aliphatic rings. The van der Waals surface area contributed by atoms with Gasteiger partial charge in [-0.2, -0.15) is 0 Å². The van der Waals surface area contributed by atoms with E-state index in [0.29, 0.717) is 12.3 Å². The van der Waals surface area contributed by atoms with E-state index < -0.39 is 22.0 Å². The van der Waals surface area contributed by atoms with Gasteiger partial charge in [0.2, 0.25) is 15.9 Å². The number of esters is 2. The van der Waals surface area contributed by atoms with Crippen molar-refractivity contribution in [2.24, 2.45) is 5.92 Å². The van der Waals surface area contributed by atoms with E-state index >= 15 is 0 Å². The molecule has 206 valence electrons. The number of hydrogen-bond acceptors (Lipinski definition) is 8. The van der Waals surface area contributed by atoms with Crippen LogP contribution in [0, 0.1) is 5.92 Å². The maximum absolute atomic E-state index is 12.9. The molecule has 10 nitrogen and oxygen atoms in total. The van der Waals surface area contributed by atoms with E-state index in [1.54, 1.807) is 12.1 Å². The summed E-state index contributed by atoms with van der Waals surface area (Å²) in [6, 6.07) is 9.16. The lowest BCUT2D eigenvalue weighted by molar-refractivity contribution is -0.114. The van der Waals surface area contributed by atoms with E-state index in [9.17, 15) is 22.8 Å². The van der Waals surface area contributed by atoms with Crippen LogP contribution in [0.1, 0.15) is 67.7 Å². The Labute approximate surface area is 223 Å². The number of piperidine rings is 1. The van der Waals surface area contributed by atoms with Gasteiger partial charge in [-0.1, -0.05) is 13.8 Å². The van der Waals surface area contributed by atoms with E-state index in [2.05, 4.69) is 21.9 Å². The lowest BCUT2D eigenvalue weighted by Crippen LogP contribution is -2.38. The summed E-state index contributed by atoms with van der Waals surface area (Å²) in [5, 5.41) is 2.77. The lowest BCUT2D eigenvalue weighted by Gasteiger charge is -2.36. The largest absolute Gasteiger partial charge is 0.491 e. The second-order valence-electron chi connectivity index (χ2n) is 9.92. The Morgan fingerprint density at radius 3 is 2.24 bits per heavy atom. The quantitative estimate of drug-likeness (QED) is 0.350. The lowest BCUT2D eigenvalue weighted by atomic mass is 10.0. The standard InChI is InChI=1S/C27H35N3O7S/c1-17(2)16-36-25-12-10-21(15-23(25)29-38(5,34)35)27(33)37-26(32)20-9-11-24(22(14-20)28-19(4)31)30-13-7-6-8-18(30)3/h9-12,14-15,17-18,29H,6-8,13,16H2,1-5H3,(H,28,31). The molecule has 1 saturated heterocycles. The topological polar surface area (TPSA) is 131 Å². The molecule has 1 unspecified atom stereocenters. The van der Waals surface area contributed by atoms with Crippen LogP contribution in [0.15, 0.2) is 36.4 Å². The molecule has 1 fully saturated rings. The van der Waals surface area contributed by atoms with Crippen LogP contribution in [-0.2, 0) is 19.6 Å². The van der Waals surface area contributed by atoms with Gasteiger partial charge >= 0.3 is 11.9 Å². The molecule has 1 atom stereocenters. The summed E-state index contributed by atoms with van der Waals surface area (Å²) >= 11 is 0.